The van der Waals surface area contributed by atoms with Gasteiger partial charge < -0.3 is 10.5 Å². The molecule has 1 heterocycles. The van der Waals surface area contributed by atoms with Gasteiger partial charge in [-0.3, -0.25) is 0 Å². The monoisotopic (exact) mass is 279 g/mol. The fourth-order valence-corrected chi connectivity index (χ4v) is 1.44. The molecular weight excluding hydrogens is 270 g/mol. The average molecular weight is 280 g/mol. The van der Waals surface area contributed by atoms with Crippen molar-refractivity contribution in [3.63, 3.8) is 0 Å². The van der Waals surface area contributed by atoms with Crippen LogP contribution in [0.4, 0.5) is 5.82 Å². The zero-order valence-corrected chi connectivity index (χ0v) is 10.2. The number of aromatic nitrogens is 2. The van der Waals surface area contributed by atoms with Crippen molar-refractivity contribution < 1.29 is 4.74 Å². The average Bonchev–Trinajstić information content (AvgIpc) is 2.24. The number of ether oxygens (including phenoxy) is 1. The van der Waals surface area contributed by atoms with Gasteiger partial charge in [0.15, 0.2) is 0 Å². The third-order valence-corrected chi connectivity index (χ3v) is 2.88. The molecule has 0 aliphatic rings. The van der Waals surface area contributed by atoms with Gasteiger partial charge in [-0.1, -0.05) is 15.9 Å². The predicted octanol–water partition coefficient (Wildman–Crippen LogP) is 2.92. The van der Waals surface area contributed by atoms with Crippen LogP contribution in [-0.4, -0.2) is 9.97 Å². The maximum atomic E-state index is 5.53. The number of hydrogen-bond acceptors (Lipinski definition) is 4. The number of aryl methyl sites for hydroxylation is 1. The molecule has 0 spiro atoms. The van der Waals surface area contributed by atoms with Crippen LogP contribution in [-0.2, 0) is 0 Å². The Morgan fingerprint density at radius 2 is 2.12 bits per heavy atom. The van der Waals surface area contributed by atoms with Crippen molar-refractivity contribution in [2.24, 2.45) is 0 Å². The van der Waals surface area contributed by atoms with E-state index in [-0.39, 0.29) is 6.01 Å². The maximum Gasteiger partial charge on any atom is 0.323 e. The molecule has 2 rings (SSSR count). The topological polar surface area (TPSA) is 61.0 Å². The summed E-state index contributed by atoms with van der Waals surface area (Å²) in [5, 5.41) is 0. The van der Waals surface area contributed by atoms with Crippen molar-refractivity contribution in [1.29, 1.82) is 0 Å². The molecule has 0 saturated carbocycles. The zero-order chi connectivity index (χ0) is 11.5. The van der Waals surface area contributed by atoms with Gasteiger partial charge in [0.05, 0.1) is 0 Å². The molecule has 0 radical (unpaired) electrons. The Morgan fingerprint density at radius 3 is 2.81 bits per heavy atom. The third-order valence-electron chi connectivity index (χ3n) is 1.99. The molecule has 16 heavy (non-hydrogen) atoms. The first-order chi connectivity index (χ1) is 7.65. The standard InChI is InChI=1S/C11H10BrN3O/c1-7-6-8(2-3-9(7)12)16-11-14-5-4-10(13)15-11/h2-6H,1H3,(H2,13,14,15). The fourth-order valence-electron chi connectivity index (χ4n) is 1.19. The number of halogens is 1. The molecule has 0 aliphatic heterocycles. The minimum Gasteiger partial charge on any atom is -0.424 e. The summed E-state index contributed by atoms with van der Waals surface area (Å²) in [7, 11) is 0. The van der Waals surface area contributed by atoms with E-state index in [1.165, 1.54) is 0 Å². The van der Waals surface area contributed by atoms with E-state index in [1.54, 1.807) is 12.3 Å². The largest absolute Gasteiger partial charge is 0.424 e. The molecule has 1 aromatic carbocycles. The molecule has 4 nitrogen and oxygen atoms in total. The molecule has 0 unspecified atom stereocenters. The Morgan fingerprint density at radius 1 is 1.31 bits per heavy atom. The number of nitrogens with zero attached hydrogens (tertiary/aromatic N) is 2. The fraction of sp³-hybridized carbons (Fsp3) is 0.0909. The molecule has 0 saturated heterocycles. The Kier molecular flexibility index (Phi) is 3.05. The maximum absolute atomic E-state index is 5.53. The van der Waals surface area contributed by atoms with Gasteiger partial charge in [-0.15, -0.1) is 0 Å². The summed E-state index contributed by atoms with van der Waals surface area (Å²) in [6, 6.07) is 7.51. The SMILES string of the molecule is Cc1cc(Oc2nccc(N)n2)ccc1Br. The molecule has 0 amide bonds. The highest BCUT2D eigenvalue weighted by atomic mass is 79.9. The summed E-state index contributed by atoms with van der Waals surface area (Å²) in [5.41, 5.74) is 6.61. The Labute approximate surface area is 102 Å². The van der Waals surface area contributed by atoms with E-state index in [9.17, 15) is 0 Å². The van der Waals surface area contributed by atoms with Crippen LogP contribution in [0.15, 0.2) is 34.9 Å². The lowest BCUT2D eigenvalue weighted by Gasteiger charge is -2.05. The number of nitrogens with two attached hydrogens (primary N) is 1. The second-order valence-electron chi connectivity index (χ2n) is 3.28. The van der Waals surface area contributed by atoms with Crippen LogP contribution < -0.4 is 10.5 Å². The highest BCUT2D eigenvalue weighted by Gasteiger charge is 2.02. The van der Waals surface area contributed by atoms with Crippen LogP contribution in [0.25, 0.3) is 0 Å². The first-order valence-electron chi connectivity index (χ1n) is 4.67. The number of rotatable bonds is 2. The molecular formula is C11H10BrN3O. The van der Waals surface area contributed by atoms with Crippen molar-refractivity contribution >= 4 is 21.7 Å². The zero-order valence-electron chi connectivity index (χ0n) is 8.64. The van der Waals surface area contributed by atoms with Crippen LogP contribution in [0.2, 0.25) is 0 Å². The van der Waals surface area contributed by atoms with Gasteiger partial charge in [0.1, 0.15) is 11.6 Å². The van der Waals surface area contributed by atoms with E-state index >= 15 is 0 Å². The Hall–Kier alpha value is -1.62. The second-order valence-corrected chi connectivity index (χ2v) is 4.13. The first kappa shape index (κ1) is 10.9. The number of nitrogen functional groups attached to an aromatic ring is 1. The van der Waals surface area contributed by atoms with Gasteiger partial charge in [0.25, 0.3) is 0 Å². The summed E-state index contributed by atoms with van der Waals surface area (Å²) in [6.07, 6.45) is 1.56. The highest BCUT2D eigenvalue weighted by Crippen LogP contribution is 2.24. The normalized spacial score (nSPS) is 10.1. The van der Waals surface area contributed by atoms with Gasteiger partial charge in [0, 0.05) is 10.7 Å². The van der Waals surface area contributed by atoms with Gasteiger partial charge in [0.2, 0.25) is 0 Å². The lowest BCUT2D eigenvalue weighted by Crippen LogP contribution is -1.95. The van der Waals surface area contributed by atoms with Crippen LogP contribution in [0.1, 0.15) is 5.56 Å². The summed E-state index contributed by atoms with van der Waals surface area (Å²) < 4.78 is 6.51. The second kappa shape index (κ2) is 4.49. The Bertz CT molecular complexity index is 516. The molecule has 0 atom stereocenters. The van der Waals surface area contributed by atoms with Crippen LogP contribution in [0.5, 0.6) is 11.8 Å². The van der Waals surface area contributed by atoms with Gasteiger partial charge in [-0.25, -0.2) is 4.98 Å². The Balaban J connectivity index is 2.24. The number of hydrogen-bond donors (Lipinski definition) is 1. The van der Waals surface area contributed by atoms with Crippen molar-refractivity contribution in [2.75, 3.05) is 5.73 Å². The lowest BCUT2D eigenvalue weighted by atomic mass is 10.2. The molecule has 82 valence electrons. The molecule has 1 aromatic heterocycles. The van der Waals surface area contributed by atoms with Crippen molar-refractivity contribution in [2.45, 2.75) is 6.92 Å². The minimum atomic E-state index is 0.252. The molecule has 2 aromatic rings. The van der Waals surface area contributed by atoms with Crippen LogP contribution in [0.3, 0.4) is 0 Å². The molecule has 2 N–H and O–H groups in total. The highest BCUT2D eigenvalue weighted by molar-refractivity contribution is 9.10. The summed E-state index contributed by atoms with van der Waals surface area (Å²) >= 11 is 3.42. The van der Waals surface area contributed by atoms with E-state index in [2.05, 4.69) is 25.9 Å². The van der Waals surface area contributed by atoms with Gasteiger partial charge >= 0.3 is 6.01 Å². The van der Waals surface area contributed by atoms with Crippen LogP contribution >= 0.6 is 15.9 Å². The minimum absolute atomic E-state index is 0.252. The summed E-state index contributed by atoms with van der Waals surface area (Å²) in [5.74, 6) is 1.07. The van der Waals surface area contributed by atoms with Crippen LogP contribution in [0, 0.1) is 6.92 Å². The number of benzene rings is 1. The van der Waals surface area contributed by atoms with E-state index in [1.807, 2.05) is 25.1 Å². The van der Waals surface area contributed by atoms with E-state index in [0.29, 0.717) is 11.6 Å². The quantitative estimate of drug-likeness (QED) is 0.918. The summed E-state index contributed by atoms with van der Waals surface area (Å²) in [6.45, 7) is 1.98. The van der Waals surface area contributed by atoms with Crippen molar-refractivity contribution in [3.8, 4) is 11.8 Å². The molecule has 5 heteroatoms. The predicted molar refractivity (Wildman–Crippen MR) is 65.4 cm³/mol. The smallest absolute Gasteiger partial charge is 0.323 e. The number of anilines is 1. The lowest BCUT2D eigenvalue weighted by molar-refractivity contribution is 0.442. The van der Waals surface area contributed by atoms with Crippen molar-refractivity contribution in [1.82, 2.24) is 9.97 Å². The van der Waals surface area contributed by atoms with E-state index in [0.717, 1.165) is 10.0 Å². The van der Waals surface area contributed by atoms with E-state index < -0.39 is 0 Å². The van der Waals surface area contributed by atoms with Gasteiger partial charge in [-0.05, 0) is 36.8 Å². The third kappa shape index (κ3) is 2.49. The first-order valence-corrected chi connectivity index (χ1v) is 5.47. The van der Waals surface area contributed by atoms with Gasteiger partial charge in [-0.2, -0.15) is 4.98 Å². The molecule has 0 fully saturated rings. The molecule has 0 aliphatic carbocycles. The summed E-state index contributed by atoms with van der Waals surface area (Å²) in [4.78, 5) is 7.92. The molecule has 0 bridgehead atoms. The van der Waals surface area contributed by atoms with E-state index in [4.69, 9.17) is 10.5 Å². The van der Waals surface area contributed by atoms with Crippen molar-refractivity contribution in [3.05, 3.63) is 40.5 Å².